The number of benzene rings is 3. The third kappa shape index (κ3) is 7.82. The fraction of sp³-hybridized carbons (Fsp3) is 0.286. The lowest BCUT2D eigenvalue weighted by Gasteiger charge is -2.32. The molecule has 0 fully saturated rings. The van der Waals surface area contributed by atoms with Gasteiger partial charge in [-0.1, -0.05) is 67.1 Å². The molecule has 0 bridgehead atoms. The lowest BCUT2D eigenvalue weighted by Crippen LogP contribution is -2.53. The van der Waals surface area contributed by atoms with Crippen molar-refractivity contribution < 1.29 is 18.7 Å². The fourth-order valence-electron chi connectivity index (χ4n) is 3.56. The standard InChI is InChI=1S/C28H30ClFN2O3/c1-3-20(2)31-28(34)26(17-21-9-5-4-6-10-21)32(18-22-11-7-8-12-25(22)30)27(33)19-35-24-15-13-23(29)14-16-24/h4-16,20,26H,3,17-19H2,1-2H3,(H,31,34)/t20-,26-/m1/s1. The van der Waals surface area contributed by atoms with Crippen LogP contribution in [0, 0.1) is 5.82 Å². The molecule has 0 aliphatic rings. The number of rotatable bonds is 11. The van der Waals surface area contributed by atoms with E-state index >= 15 is 0 Å². The highest BCUT2D eigenvalue weighted by molar-refractivity contribution is 6.30. The summed E-state index contributed by atoms with van der Waals surface area (Å²) in [6.07, 6.45) is 1.02. The largest absolute Gasteiger partial charge is 0.484 e. The summed E-state index contributed by atoms with van der Waals surface area (Å²) in [4.78, 5) is 28.3. The maximum Gasteiger partial charge on any atom is 0.261 e. The Morgan fingerprint density at radius 2 is 1.66 bits per heavy atom. The highest BCUT2D eigenvalue weighted by Gasteiger charge is 2.31. The number of carbonyl (C=O) groups excluding carboxylic acids is 2. The minimum Gasteiger partial charge on any atom is -0.484 e. The zero-order valence-corrected chi connectivity index (χ0v) is 20.7. The maximum absolute atomic E-state index is 14.6. The Morgan fingerprint density at radius 3 is 2.31 bits per heavy atom. The second kappa shape index (κ2) is 12.9. The topological polar surface area (TPSA) is 58.6 Å². The van der Waals surface area contributed by atoms with Crippen LogP contribution in [-0.4, -0.2) is 35.4 Å². The van der Waals surface area contributed by atoms with Crippen LogP contribution in [0.3, 0.4) is 0 Å². The first-order chi connectivity index (χ1) is 16.9. The number of halogens is 2. The first-order valence-corrected chi connectivity index (χ1v) is 12.0. The van der Waals surface area contributed by atoms with E-state index in [0.717, 1.165) is 12.0 Å². The van der Waals surface area contributed by atoms with E-state index in [2.05, 4.69) is 5.32 Å². The normalized spacial score (nSPS) is 12.5. The highest BCUT2D eigenvalue weighted by Crippen LogP contribution is 2.19. The van der Waals surface area contributed by atoms with Gasteiger partial charge in [-0.2, -0.15) is 0 Å². The van der Waals surface area contributed by atoms with Gasteiger partial charge in [0.15, 0.2) is 6.61 Å². The van der Waals surface area contributed by atoms with Crippen LogP contribution in [0.4, 0.5) is 4.39 Å². The summed E-state index contributed by atoms with van der Waals surface area (Å²) >= 11 is 5.93. The van der Waals surface area contributed by atoms with Crippen molar-refractivity contribution in [2.24, 2.45) is 0 Å². The molecule has 0 saturated carbocycles. The minimum absolute atomic E-state index is 0.0685. The molecule has 0 heterocycles. The molecule has 35 heavy (non-hydrogen) atoms. The monoisotopic (exact) mass is 496 g/mol. The molecule has 2 atom stereocenters. The van der Waals surface area contributed by atoms with Gasteiger partial charge in [0.05, 0.1) is 0 Å². The summed E-state index contributed by atoms with van der Waals surface area (Å²) in [5.74, 6) is -0.690. The minimum atomic E-state index is -0.854. The number of hydrogen-bond acceptors (Lipinski definition) is 3. The van der Waals surface area contributed by atoms with E-state index < -0.39 is 17.8 Å². The van der Waals surface area contributed by atoms with Crippen LogP contribution in [0.25, 0.3) is 0 Å². The van der Waals surface area contributed by atoms with E-state index in [1.807, 2.05) is 44.2 Å². The summed E-state index contributed by atoms with van der Waals surface area (Å²) in [6, 6.07) is 21.4. The Morgan fingerprint density at radius 1 is 1.00 bits per heavy atom. The second-order valence-electron chi connectivity index (χ2n) is 8.38. The Balaban J connectivity index is 1.91. The van der Waals surface area contributed by atoms with Gasteiger partial charge in [0.1, 0.15) is 17.6 Å². The lowest BCUT2D eigenvalue weighted by molar-refractivity contribution is -0.143. The molecule has 184 valence electrons. The van der Waals surface area contributed by atoms with Crippen molar-refractivity contribution in [3.8, 4) is 5.75 Å². The van der Waals surface area contributed by atoms with Gasteiger partial charge in [-0.25, -0.2) is 4.39 Å². The van der Waals surface area contributed by atoms with Gasteiger partial charge >= 0.3 is 0 Å². The predicted octanol–water partition coefficient (Wildman–Crippen LogP) is 5.41. The summed E-state index contributed by atoms with van der Waals surface area (Å²) in [6.45, 7) is 3.50. The van der Waals surface area contributed by atoms with Crippen LogP contribution in [0.2, 0.25) is 5.02 Å². The number of hydrogen-bond donors (Lipinski definition) is 1. The molecule has 5 nitrogen and oxygen atoms in total. The van der Waals surface area contributed by atoms with Gasteiger partial charge in [0, 0.05) is 29.6 Å². The second-order valence-corrected chi connectivity index (χ2v) is 8.82. The van der Waals surface area contributed by atoms with E-state index in [1.165, 1.54) is 11.0 Å². The molecule has 7 heteroatoms. The van der Waals surface area contributed by atoms with Gasteiger partial charge in [-0.05, 0) is 49.2 Å². The van der Waals surface area contributed by atoms with Crippen LogP contribution < -0.4 is 10.1 Å². The maximum atomic E-state index is 14.6. The number of nitrogens with zero attached hydrogens (tertiary/aromatic N) is 1. The van der Waals surface area contributed by atoms with Gasteiger partial charge in [0.2, 0.25) is 5.91 Å². The highest BCUT2D eigenvalue weighted by atomic mass is 35.5. The summed E-state index contributed by atoms with van der Waals surface area (Å²) < 4.78 is 20.3. The number of carbonyl (C=O) groups is 2. The molecule has 3 aromatic carbocycles. The number of amides is 2. The molecule has 2 amide bonds. The first kappa shape index (κ1) is 26.2. The fourth-order valence-corrected chi connectivity index (χ4v) is 3.69. The van der Waals surface area contributed by atoms with E-state index in [0.29, 0.717) is 16.3 Å². The van der Waals surface area contributed by atoms with Crippen LogP contribution in [0.1, 0.15) is 31.4 Å². The average molecular weight is 497 g/mol. The van der Waals surface area contributed by atoms with Crippen molar-refractivity contribution in [3.05, 3.63) is 101 Å². The van der Waals surface area contributed by atoms with Crippen molar-refractivity contribution >= 4 is 23.4 Å². The van der Waals surface area contributed by atoms with Crippen LogP contribution in [0.15, 0.2) is 78.9 Å². The SMILES string of the molecule is CC[C@@H](C)NC(=O)[C@@H](Cc1ccccc1)N(Cc1ccccc1F)C(=O)COc1ccc(Cl)cc1. The van der Waals surface area contributed by atoms with Crippen molar-refractivity contribution in [3.63, 3.8) is 0 Å². The molecule has 0 spiro atoms. The third-order valence-electron chi connectivity index (χ3n) is 5.75. The predicted molar refractivity (Wildman–Crippen MR) is 136 cm³/mol. The molecule has 0 aliphatic carbocycles. The molecule has 3 rings (SSSR count). The number of nitrogens with one attached hydrogen (secondary N) is 1. The summed E-state index contributed by atoms with van der Waals surface area (Å²) in [5.41, 5.74) is 1.21. The van der Waals surface area contributed by atoms with Gasteiger partial charge in [-0.3, -0.25) is 9.59 Å². The van der Waals surface area contributed by atoms with Gasteiger partial charge in [-0.15, -0.1) is 0 Å². The Bertz CT molecular complexity index is 1110. The van der Waals surface area contributed by atoms with Crippen molar-refractivity contribution in [1.29, 1.82) is 0 Å². The zero-order valence-electron chi connectivity index (χ0n) is 19.9. The Kier molecular flexibility index (Phi) is 9.67. The average Bonchev–Trinajstić information content (AvgIpc) is 2.87. The molecule has 0 unspecified atom stereocenters. The van der Waals surface area contributed by atoms with E-state index in [-0.39, 0.29) is 31.5 Å². The lowest BCUT2D eigenvalue weighted by atomic mass is 10.0. The Labute approximate surface area is 210 Å². The van der Waals surface area contributed by atoms with Crippen LogP contribution >= 0.6 is 11.6 Å². The van der Waals surface area contributed by atoms with E-state index in [4.69, 9.17) is 16.3 Å². The molecule has 0 aliphatic heterocycles. The van der Waals surface area contributed by atoms with E-state index in [9.17, 15) is 14.0 Å². The molecular formula is C28H30ClFN2O3. The van der Waals surface area contributed by atoms with Crippen LogP contribution in [0.5, 0.6) is 5.75 Å². The summed E-state index contributed by atoms with van der Waals surface area (Å²) in [7, 11) is 0. The van der Waals surface area contributed by atoms with Crippen LogP contribution in [-0.2, 0) is 22.6 Å². The molecular weight excluding hydrogens is 467 g/mol. The Hall–Kier alpha value is -3.38. The van der Waals surface area contributed by atoms with Crippen molar-refractivity contribution in [2.45, 2.75) is 45.3 Å². The smallest absolute Gasteiger partial charge is 0.261 e. The molecule has 3 aromatic rings. The molecule has 0 radical (unpaired) electrons. The summed E-state index contributed by atoms with van der Waals surface area (Å²) in [5, 5.41) is 3.53. The third-order valence-corrected chi connectivity index (χ3v) is 6.00. The zero-order chi connectivity index (χ0) is 25.2. The van der Waals surface area contributed by atoms with Gasteiger partial charge in [0.25, 0.3) is 5.91 Å². The van der Waals surface area contributed by atoms with Crippen molar-refractivity contribution in [2.75, 3.05) is 6.61 Å². The molecule has 0 aromatic heterocycles. The molecule has 0 saturated heterocycles. The van der Waals surface area contributed by atoms with Gasteiger partial charge < -0.3 is 15.0 Å². The first-order valence-electron chi connectivity index (χ1n) is 11.6. The van der Waals surface area contributed by atoms with E-state index in [1.54, 1.807) is 42.5 Å². The number of ether oxygens (including phenoxy) is 1. The quantitative estimate of drug-likeness (QED) is 0.386. The molecule has 1 N–H and O–H groups in total. The van der Waals surface area contributed by atoms with Crippen molar-refractivity contribution in [1.82, 2.24) is 10.2 Å².